The summed E-state index contributed by atoms with van der Waals surface area (Å²) >= 11 is 0. The van der Waals surface area contributed by atoms with Crippen LogP contribution in [0.3, 0.4) is 0 Å². The van der Waals surface area contributed by atoms with Crippen molar-refractivity contribution in [1.29, 1.82) is 0 Å². The first-order chi connectivity index (χ1) is 13.2. The van der Waals surface area contributed by atoms with E-state index in [1.807, 2.05) is 12.3 Å². The van der Waals surface area contributed by atoms with Crippen molar-refractivity contribution >= 4 is 16.9 Å². The Balaban J connectivity index is 1.44. The van der Waals surface area contributed by atoms with Gasteiger partial charge in [-0.15, -0.1) is 0 Å². The first-order valence-corrected chi connectivity index (χ1v) is 9.72. The second kappa shape index (κ2) is 6.12. The van der Waals surface area contributed by atoms with Gasteiger partial charge >= 0.3 is 0 Å². The summed E-state index contributed by atoms with van der Waals surface area (Å²) in [6.07, 6.45) is 6.27. The molecular weight excluding hydrogens is 334 g/mol. The van der Waals surface area contributed by atoms with Gasteiger partial charge in [0.25, 0.3) is 0 Å². The van der Waals surface area contributed by atoms with E-state index in [1.54, 1.807) is 6.33 Å². The number of allylic oxidation sites excluding steroid dienone is 1. The molecule has 1 saturated carbocycles. The van der Waals surface area contributed by atoms with Gasteiger partial charge in [-0.2, -0.15) is 0 Å². The quantitative estimate of drug-likeness (QED) is 0.763. The Morgan fingerprint density at radius 1 is 1.07 bits per heavy atom. The maximum absolute atomic E-state index is 4.67. The van der Waals surface area contributed by atoms with E-state index in [0.717, 1.165) is 43.0 Å². The minimum atomic E-state index is 0.353. The van der Waals surface area contributed by atoms with E-state index in [9.17, 15) is 0 Å². The summed E-state index contributed by atoms with van der Waals surface area (Å²) in [4.78, 5) is 17.3. The topological polar surface area (TPSA) is 48.1 Å². The second-order valence-electron chi connectivity index (χ2n) is 7.97. The summed E-state index contributed by atoms with van der Waals surface area (Å²) in [5.41, 5.74) is 4.93. The van der Waals surface area contributed by atoms with Crippen LogP contribution in [0.2, 0.25) is 0 Å². The average molecular weight is 359 g/mol. The summed E-state index contributed by atoms with van der Waals surface area (Å²) in [6.45, 7) is 10.6. The second-order valence-corrected chi connectivity index (χ2v) is 7.97. The summed E-state index contributed by atoms with van der Waals surface area (Å²) in [5.74, 6) is 1.03. The molecule has 5 nitrogen and oxygen atoms in total. The molecule has 0 amide bonds. The first-order valence-electron chi connectivity index (χ1n) is 9.72. The summed E-state index contributed by atoms with van der Waals surface area (Å²) in [5, 5.41) is 1.12. The lowest BCUT2D eigenvalue weighted by atomic mass is 10.0. The van der Waals surface area contributed by atoms with Crippen LogP contribution in [0.4, 0.5) is 5.82 Å². The Bertz CT molecular complexity index is 978. The molecule has 5 heteroatoms. The zero-order valence-electron chi connectivity index (χ0n) is 15.8. The third kappa shape index (κ3) is 2.78. The van der Waals surface area contributed by atoms with Crippen LogP contribution in [0.5, 0.6) is 0 Å². The van der Waals surface area contributed by atoms with E-state index < -0.39 is 0 Å². The third-order valence-electron chi connectivity index (χ3n) is 6.19. The molecule has 3 aromatic rings. The maximum atomic E-state index is 4.67. The number of benzene rings is 1. The number of aromatic nitrogens is 3. The van der Waals surface area contributed by atoms with Crippen molar-refractivity contribution in [2.24, 2.45) is 5.41 Å². The molecule has 1 aliphatic heterocycles. The molecule has 27 heavy (non-hydrogen) atoms. The largest absolute Gasteiger partial charge is 0.371 e. The number of nitrogens with zero attached hydrogens (tertiary/aromatic N) is 4. The summed E-state index contributed by atoms with van der Waals surface area (Å²) < 4.78 is 0. The maximum Gasteiger partial charge on any atom is 0.143 e. The normalized spacial score (nSPS) is 18.7. The van der Waals surface area contributed by atoms with E-state index in [2.05, 4.69) is 62.5 Å². The minimum absolute atomic E-state index is 0.353. The molecular formula is C22H25N5. The lowest BCUT2D eigenvalue weighted by molar-refractivity contribution is 0.284. The van der Waals surface area contributed by atoms with Gasteiger partial charge in [0.15, 0.2) is 0 Å². The van der Waals surface area contributed by atoms with Crippen LogP contribution in [0.1, 0.15) is 19.8 Å². The number of piperazine rings is 1. The van der Waals surface area contributed by atoms with Crippen molar-refractivity contribution in [1.82, 2.24) is 19.9 Å². The van der Waals surface area contributed by atoms with Gasteiger partial charge < -0.3 is 14.8 Å². The van der Waals surface area contributed by atoms with Crippen molar-refractivity contribution in [2.75, 3.05) is 31.1 Å². The number of rotatable bonds is 4. The Morgan fingerprint density at radius 2 is 1.81 bits per heavy atom. The van der Waals surface area contributed by atoms with Gasteiger partial charge in [0.05, 0.1) is 5.39 Å². The number of H-pyrrole nitrogens is 1. The van der Waals surface area contributed by atoms with Crippen LogP contribution < -0.4 is 4.90 Å². The van der Waals surface area contributed by atoms with Gasteiger partial charge in [-0.05, 0) is 18.4 Å². The Morgan fingerprint density at radius 3 is 2.52 bits per heavy atom. The molecule has 0 unspecified atom stereocenters. The highest BCUT2D eigenvalue weighted by Crippen LogP contribution is 2.51. The summed E-state index contributed by atoms with van der Waals surface area (Å²) in [7, 11) is 0. The predicted octanol–water partition coefficient (Wildman–Crippen LogP) is 4.06. The van der Waals surface area contributed by atoms with Gasteiger partial charge in [-0.25, -0.2) is 9.97 Å². The third-order valence-corrected chi connectivity index (χ3v) is 6.19. The fourth-order valence-electron chi connectivity index (χ4n) is 4.08. The van der Waals surface area contributed by atoms with Gasteiger partial charge in [0.2, 0.25) is 0 Å². The Kier molecular flexibility index (Phi) is 3.71. The zero-order chi connectivity index (χ0) is 18.4. The van der Waals surface area contributed by atoms with Gasteiger partial charge in [0.1, 0.15) is 17.8 Å². The van der Waals surface area contributed by atoms with Crippen LogP contribution in [-0.4, -0.2) is 46.0 Å². The highest BCUT2D eigenvalue weighted by molar-refractivity contribution is 6.01. The van der Waals surface area contributed by atoms with Gasteiger partial charge in [-0.1, -0.05) is 43.8 Å². The molecule has 0 spiro atoms. The molecule has 1 N–H and O–H groups in total. The smallest absolute Gasteiger partial charge is 0.143 e. The molecule has 2 fully saturated rings. The number of hydrogen-bond donors (Lipinski definition) is 1. The van der Waals surface area contributed by atoms with Gasteiger partial charge in [-0.3, -0.25) is 0 Å². The molecule has 1 aliphatic carbocycles. The molecule has 2 aromatic heterocycles. The predicted molar refractivity (Wildman–Crippen MR) is 110 cm³/mol. The van der Waals surface area contributed by atoms with Crippen LogP contribution >= 0.6 is 0 Å². The van der Waals surface area contributed by atoms with E-state index in [-0.39, 0.29) is 0 Å². The Labute approximate surface area is 159 Å². The molecule has 0 radical (unpaired) electrons. The van der Waals surface area contributed by atoms with Gasteiger partial charge in [0, 0.05) is 49.1 Å². The molecule has 0 bridgehead atoms. The van der Waals surface area contributed by atoms with Crippen LogP contribution in [0, 0.1) is 5.41 Å². The number of fused-ring (bicyclic) bond motifs is 1. The Hall–Kier alpha value is -2.82. The molecule has 5 rings (SSSR count). The molecule has 1 saturated heterocycles. The van der Waals surface area contributed by atoms with Crippen molar-refractivity contribution in [2.45, 2.75) is 19.8 Å². The lowest BCUT2D eigenvalue weighted by Crippen LogP contribution is -2.47. The molecule has 2 aliphatic rings. The molecule has 1 aromatic carbocycles. The fraction of sp³-hybridized carbons (Fsp3) is 0.364. The SMILES string of the molecule is C=C(N1CCN(c2ncnc3[nH]cc(-c4ccccc4)c23)CC1)C1(C)CC1. The number of hydrogen-bond acceptors (Lipinski definition) is 4. The molecule has 138 valence electrons. The highest BCUT2D eigenvalue weighted by Gasteiger charge is 2.42. The number of aromatic amines is 1. The van der Waals surface area contributed by atoms with Crippen molar-refractivity contribution in [3.63, 3.8) is 0 Å². The van der Waals surface area contributed by atoms with Crippen LogP contribution in [0.25, 0.3) is 22.2 Å². The van der Waals surface area contributed by atoms with Crippen molar-refractivity contribution < 1.29 is 0 Å². The standard InChI is InChI=1S/C22H25N5/c1-16(22(2)8-9-22)26-10-12-27(13-11-26)21-19-18(17-6-4-3-5-7-17)14-23-20(19)24-15-25-21/h3-7,14-15H,1,8-13H2,2H3,(H,23,24,25). The van der Waals surface area contributed by atoms with E-state index in [1.165, 1.54) is 29.7 Å². The van der Waals surface area contributed by atoms with E-state index >= 15 is 0 Å². The van der Waals surface area contributed by atoms with Crippen molar-refractivity contribution in [3.05, 3.63) is 55.1 Å². The summed E-state index contributed by atoms with van der Waals surface area (Å²) in [6, 6.07) is 10.5. The lowest BCUT2D eigenvalue weighted by Gasteiger charge is -2.39. The number of anilines is 1. The highest BCUT2D eigenvalue weighted by atomic mass is 15.3. The molecule has 0 atom stereocenters. The number of nitrogens with one attached hydrogen (secondary N) is 1. The van der Waals surface area contributed by atoms with E-state index in [0.29, 0.717) is 5.41 Å². The first kappa shape index (κ1) is 16.4. The fourth-order valence-corrected chi connectivity index (χ4v) is 4.08. The zero-order valence-corrected chi connectivity index (χ0v) is 15.8. The monoisotopic (exact) mass is 359 g/mol. The molecule has 3 heterocycles. The minimum Gasteiger partial charge on any atom is -0.371 e. The van der Waals surface area contributed by atoms with E-state index in [4.69, 9.17) is 0 Å². The van der Waals surface area contributed by atoms with Crippen molar-refractivity contribution in [3.8, 4) is 11.1 Å². The van der Waals surface area contributed by atoms with Crippen LogP contribution in [-0.2, 0) is 0 Å². The van der Waals surface area contributed by atoms with Crippen LogP contribution in [0.15, 0.2) is 55.1 Å². The average Bonchev–Trinajstić information content (AvgIpc) is 3.33.